The average Bonchev–Trinajstić information content (AvgIpc) is 2.95. The van der Waals surface area contributed by atoms with Crippen LogP contribution in [0.1, 0.15) is 35.4 Å². The third-order valence-corrected chi connectivity index (χ3v) is 7.89. The minimum absolute atomic E-state index is 0.137. The average molecular weight is 613 g/mol. The van der Waals surface area contributed by atoms with Crippen molar-refractivity contribution in [1.29, 1.82) is 0 Å². The molecule has 236 valence electrons. The number of phenols is 5. The number of fused-ring (bicyclic) bond motifs is 1. The molecule has 3 heterocycles. The van der Waals surface area contributed by atoms with Crippen molar-refractivity contribution >= 4 is 5.78 Å². The van der Waals surface area contributed by atoms with Gasteiger partial charge in [-0.05, 0) is 19.1 Å². The van der Waals surface area contributed by atoms with Gasteiger partial charge in [0.25, 0.3) is 0 Å². The standard InChI is InChI=1S/C27H32O16/c1-7-17(32)22(37)19(34)14(40-7)6-15-20(35)23(38)24(39)27(42-15)43-26-21(36)16-10(29)4-9(28)5-13(16)41-25(26)8-2-11(30)18(33)12(31)3-8/h2-5,7,14-15,17,19-20,22-35,37-39H,6H2,1H3/t7-,14-,15+,17-,19-,20+,22+,23-,24-,25-,26+,27-/m0/s1. The number of aliphatic hydroxyl groups is 6. The van der Waals surface area contributed by atoms with E-state index in [1.807, 2.05) is 0 Å². The number of aromatic hydroxyl groups is 5. The van der Waals surface area contributed by atoms with E-state index in [-0.39, 0.29) is 17.7 Å². The molecule has 0 aliphatic carbocycles. The number of rotatable bonds is 5. The summed E-state index contributed by atoms with van der Waals surface area (Å²) in [5, 5.41) is 113. The molecule has 0 spiro atoms. The smallest absolute Gasteiger partial charge is 0.203 e. The minimum Gasteiger partial charge on any atom is -0.508 e. The molecule has 16 nitrogen and oxygen atoms in total. The van der Waals surface area contributed by atoms with E-state index in [0.717, 1.165) is 24.3 Å². The topological polar surface area (TPSA) is 277 Å². The first-order valence-corrected chi connectivity index (χ1v) is 13.3. The highest BCUT2D eigenvalue weighted by Crippen LogP contribution is 2.46. The second-order valence-electron chi connectivity index (χ2n) is 10.8. The fourth-order valence-electron chi connectivity index (χ4n) is 5.50. The molecule has 3 aliphatic heterocycles. The number of carbonyl (C=O) groups excluding carboxylic acids is 1. The molecule has 0 bridgehead atoms. The zero-order valence-electron chi connectivity index (χ0n) is 22.4. The molecule has 5 rings (SSSR count). The summed E-state index contributed by atoms with van der Waals surface area (Å²) in [7, 11) is 0. The fourth-order valence-corrected chi connectivity index (χ4v) is 5.50. The Labute approximate surface area is 242 Å². The molecule has 2 aromatic rings. The van der Waals surface area contributed by atoms with Gasteiger partial charge in [0.05, 0.1) is 18.3 Å². The van der Waals surface area contributed by atoms with Gasteiger partial charge in [0.2, 0.25) is 5.78 Å². The highest BCUT2D eigenvalue weighted by Gasteiger charge is 2.51. The normalized spacial score (nSPS) is 37.9. The Bertz CT molecular complexity index is 1340. The van der Waals surface area contributed by atoms with E-state index in [9.17, 15) is 61.0 Å². The molecule has 0 aromatic heterocycles. The quantitative estimate of drug-likeness (QED) is 0.163. The van der Waals surface area contributed by atoms with Crippen LogP contribution in [-0.4, -0.2) is 129 Å². The molecule has 2 aromatic carbocycles. The Balaban J connectivity index is 1.47. The highest BCUT2D eigenvalue weighted by molar-refractivity contribution is 6.05. The maximum atomic E-state index is 13.7. The monoisotopic (exact) mass is 612 g/mol. The van der Waals surface area contributed by atoms with Crippen LogP contribution in [0, 0.1) is 0 Å². The number of ether oxygens (including phenoxy) is 4. The van der Waals surface area contributed by atoms with Crippen molar-refractivity contribution in [3.8, 4) is 34.5 Å². The molecule has 12 atom stereocenters. The third kappa shape index (κ3) is 5.52. The summed E-state index contributed by atoms with van der Waals surface area (Å²) in [6.45, 7) is 1.44. The summed E-state index contributed by atoms with van der Waals surface area (Å²) in [4.78, 5) is 13.7. The number of hydrogen-bond acceptors (Lipinski definition) is 16. The van der Waals surface area contributed by atoms with E-state index >= 15 is 0 Å². The van der Waals surface area contributed by atoms with Gasteiger partial charge in [-0.2, -0.15) is 0 Å². The Morgan fingerprint density at radius 1 is 0.721 bits per heavy atom. The number of aliphatic hydroxyl groups excluding tert-OH is 6. The minimum atomic E-state index is -1.97. The SMILES string of the molecule is C[C@@H]1O[C@@H](C[C@H]2O[C@@H](O[C@@H]3C(=O)c4c(O)cc(O)cc4O[C@H]3c3cc(O)c(O)c(O)c3)[C@@H](O)[C@@H](O)[C@@H]2O)[C@H](O)[C@H](O)[C@H]1O. The fraction of sp³-hybridized carbons (Fsp3) is 0.519. The number of carbonyl (C=O) groups is 1. The number of ketones is 1. The summed E-state index contributed by atoms with van der Waals surface area (Å²) in [6.07, 6.45) is -19.5. The lowest BCUT2D eigenvalue weighted by Crippen LogP contribution is -2.62. The second kappa shape index (κ2) is 11.6. The van der Waals surface area contributed by atoms with Crippen LogP contribution in [0.15, 0.2) is 24.3 Å². The van der Waals surface area contributed by atoms with E-state index in [1.54, 1.807) is 0 Å². The molecule has 43 heavy (non-hydrogen) atoms. The summed E-state index contributed by atoms with van der Waals surface area (Å²) in [6, 6.07) is 3.76. The summed E-state index contributed by atoms with van der Waals surface area (Å²) < 4.78 is 22.8. The van der Waals surface area contributed by atoms with Crippen LogP contribution in [0.3, 0.4) is 0 Å². The first-order valence-electron chi connectivity index (χ1n) is 13.3. The van der Waals surface area contributed by atoms with E-state index in [4.69, 9.17) is 18.9 Å². The van der Waals surface area contributed by atoms with Gasteiger partial charge in [-0.1, -0.05) is 0 Å². The van der Waals surface area contributed by atoms with Gasteiger partial charge in [0.15, 0.2) is 35.7 Å². The van der Waals surface area contributed by atoms with Crippen LogP contribution >= 0.6 is 0 Å². The number of phenolic OH excluding ortho intramolecular Hbond substituents is 5. The molecule has 16 heteroatoms. The number of benzene rings is 2. The Hall–Kier alpha value is -3.45. The Kier molecular flexibility index (Phi) is 8.34. The van der Waals surface area contributed by atoms with Gasteiger partial charge in [-0.25, -0.2) is 0 Å². The predicted octanol–water partition coefficient (Wildman–Crippen LogP) is -2.02. The van der Waals surface area contributed by atoms with Gasteiger partial charge in [-0.3, -0.25) is 4.79 Å². The number of hydrogen-bond donors (Lipinski definition) is 11. The predicted molar refractivity (Wildman–Crippen MR) is 137 cm³/mol. The van der Waals surface area contributed by atoms with Crippen molar-refractivity contribution < 1.29 is 79.9 Å². The molecule has 0 unspecified atom stereocenters. The second-order valence-corrected chi connectivity index (χ2v) is 10.8. The van der Waals surface area contributed by atoms with Crippen molar-refractivity contribution in [2.75, 3.05) is 0 Å². The van der Waals surface area contributed by atoms with Crippen LogP contribution in [-0.2, 0) is 14.2 Å². The lowest BCUT2D eigenvalue weighted by molar-refractivity contribution is -0.316. The van der Waals surface area contributed by atoms with Crippen molar-refractivity contribution in [3.63, 3.8) is 0 Å². The Morgan fingerprint density at radius 2 is 1.30 bits per heavy atom. The van der Waals surface area contributed by atoms with Crippen molar-refractivity contribution in [1.82, 2.24) is 0 Å². The summed E-state index contributed by atoms with van der Waals surface area (Å²) in [5.41, 5.74) is -0.573. The van der Waals surface area contributed by atoms with Gasteiger partial charge < -0.3 is 75.1 Å². The van der Waals surface area contributed by atoms with Crippen molar-refractivity contribution in [2.45, 2.75) is 86.8 Å². The van der Waals surface area contributed by atoms with E-state index in [2.05, 4.69) is 0 Å². The summed E-state index contributed by atoms with van der Waals surface area (Å²) in [5.74, 6) is -4.91. The van der Waals surface area contributed by atoms with Crippen LogP contribution in [0.25, 0.3) is 0 Å². The van der Waals surface area contributed by atoms with Crippen LogP contribution in [0.5, 0.6) is 34.5 Å². The van der Waals surface area contributed by atoms with Crippen molar-refractivity contribution in [3.05, 3.63) is 35.4 Å². The molecule has 0 amide bonds. The lowest BCUT2D eigenvalue weighted by atomic mass is 9.88. The largest absolute Gasteiger partial charge is 0.508 e. The van der Waals surface area contributed by atoms with E-state index in [0.29, 0.717) is 0 Å². The first kappa shape index (κ1) is 31.0. The van der Waals surface area contributed by atoms with Crippen LogP contribution in [0.2, 0.25) is 0 Å². The van der Waals surface area contributed by atoms with Gasteiger partial charge >= 0.3 is 0 Å². The lowest BCUT2D eigenvalue weighted by Gasteiger charge is -2.45. The molecule has 0 saturated carbocycles. The third-order valence-electron chi connectivity index (χ3n) is 7.89. The van der Waals surface area contributed by atoms with E-state index in [1.165, 1.54) is 6.92 Å². The van der Waals surface area contributed by atoms with Gasteiger partial charge in [0.1, 0.15) is 59.4 Å². The zero-order chi connectivity index (χ0) is 31.5. The molecule has 2 fully saturated rings. The maximum Gasteiger partial charge on any atom is 0.203 e. The summed E-state index contributed by atoms with van der Waals surface area (Å²) >= 11 is 0. The molecule has 3 aliphatic rings. The van der Waals surface area contributed by atoms with Gasteiger partial charge in [-0.15, -0.1) is 0 Å². The highest BCUT2D eigenvalue weighted by atomic mass is 16.7. The maximum absolute atomic E-state index is 13.7. The molecular weight excluding hydrogens is 580 g/mol. The van der Waals surface area contributed by atoms with E-state index < -0.39 is 114 Å². The first-order chi connectivity index (χ1) is 20.2. The molecular formula is C27H32O16. The molecule has 2 saturated heterocycles. The van der Waals surface area contributed by atoms with Crippen LogP contribution < -0.4 is 4.74 Å². The Morgan fingerprint density at radius 3 is 1.93 bits per heavy atom. The van der Waals surface area contributed by atoms with Gasteiger partial charge in [0, 0.05) is 24.1 Å². The molecule has 11 N–H and O–H groups in total. The number of Topliss-reactive ketones (excluding diaryl/α,β-unsaturated/α-hetero) is 1. The van der Waals surface area contributed by atoms with Crippen LogP contribution in [0.4, 0.5) is 0 Å². The molecule has 0 radical (unpaired) electrons. The van der Waals surface area contributed by atoms with Crippen molar-refractivity contribution in [2.24, 2.45) is 0 Å². The zero-order valence-corrected chi connectivity index (χ0v) is 22.4.